The Hall–Kier alpha value is -1.31. The summed E-state index contributed by atoms with van der Waals surface area (Å²) in [6, 6.07) is 10.1. The van der Waals surface area contributed by atoms with Crippen LogP contribution in [0.25, 0.3) is 0 Å². The van der Waals surface area contributed by atoms with Crippen LogP contribution >= 0.6 is 34.8 Å². The molecule has 0 fully saturated rings. The number of rotatable bonds is 5. The molecule has 5 nitrogen and oxygen atoms in total. The van der Waals surface area contributed by atoms with Crippen molar-refractivity contribution >= 4 is 56.4 Å². The molecule has 0 radical (unpaired) electrons. The Morgan fingerprint density at radius 1 is 0.957 bits per heavy atom. The zero-order valence-electron chi connectivity index (χ0n) is 11.5. The standard InChI is InChI=1S/C14H11Cl3N2O3S/c15-9-1-4-11(5-2-9)23(21,22)18-8-14(20)19-13-6-3-10(16)7-12(13)17/h1-7,18H,8H2,(H,19,20). The van der Waals surface area contributed by atoms with Gasteiger partial charge in [0.1, 0.15) is 0 Å². The molecule has 0 aromatic heterocycles. The minimum absolute atomic E-state index is 0.0132. The number of amides is 1. The summed E-state index contributed by atoms with van der Waals surface area (Å²) in [6.07, 6.45) is 0. The number of hydrogen-bond donors (Lipinski definition) is 2. The molecule has 0 saturated carbocycles. The molecule has 2 aromatic carbocycles. The minimum atomic E-state index is -3.80. The van der Waals surface area contributed by atoms with Gasteiger partial charge in [0.15, 0.2) is 0 Å². The molecule has 122 valence electrons. The summed E-state index contributed by atoms with van der Waals surface area (Å²) in [4.78, 5) is 11.8. The number of anilines is 1. The Balaban J connectivity index is 1.99. The number of hydrogen-bond acceptors (Lipinski definition) is 3. The van der Waals surface area contributed by atoms with Gasteiger partial charge in [0.2, 0.25) is 15.9 Å². The van der Waals surface area contributed by atoms with Crippen molar-refractivity contribution in [3.63, 3.8) is 0 Å². The van der Waals surface area contributed by atoms with E-state index in [2.05, 4.69) is 10.0 Å². The fourth-order valence-electron chi connectivity index (χ4n) is 1.64. The Kier molecular flexibility index (Phi) is 5.89. The van der Waals surface area contributed by atoms with Gasteiger partial charge in [-0.15, -0.1) is 0 Å². The van der Waals surface area contributed by atoms with E-state index in [9.17, 15) is 13.2 Å². The molecule has 0 aliphatic heterocycles. The van der Waals surface area contributed by atoms with Crippen LogP contribution in [0.15, 0.2) is 47.4 Å². The molecule has 9 heteroatoms. The van der Waals surface area contributed by atoms with Gasteiger partial charge in [-0.3, -0.25) is 4.79 Å². The van der Waals surface area contributed by atoms with E-state index in [0.29, 0.717) is 15.7 Å². The van der Waals surface area contributed by atoms with Crippen LogP contribution in [0.5, 0.6) is 0 Å². The Labute approximate surface area is 148 Å². The van der Waals surface area contributed by atoms with Gasteiger partial charge >= 0.3 is 0 Å². The van der Waals surface area contributed by atoms with Crippen LogP contribution in [-0.4, -0.2) is 20.9 Å². The van der Waals surface area contributed by atoms with Gasteiger partial charge in [0.05, 0.1) is 22.2 Å². The Morgan fingerprint density at radius 2 is 1.57 bits per heavy atom. The monoisotopic (exact) mass is 392 g/mol. The van der Waals surface area contributed by atoms with Gasteiger partial charge in [-0.1, -0.05) is 34.8 Å². The molecule has 0 unspecified atom stereocenters. The maximum Gasteiger partial charge on any atom is 0.241 e. The van der Waals surface area contributed by atoms with Crippen molar-refractivity contribution in [2.24, 2.45) is 0 Å². The van der Waals surface area contributed by atoms with E-state index in [4.69, 9.17) is 34.8 Å². The largest absolute Gasteiger partial charge is 0.324 e. The van der Waals surface area contributed by atoms with Gasteiger partial charge in [-0.05, 0) is 42.5 Å². The third-order valence-electron chi connectivity index (χ3n) is 2.75. The number of carbonyl (C=O) groups excluding carboxylic acids is 1. The lowest BCUT2D eigenvalue weighted by atomic mass is 10.3. The average Bonchev–Trinajstić information content (AvgIpc) is 2.49. The van der Waals surface area contributed by atoms with Crippen LogP contribution in [0.2, 0.25) is 15.1 Å². The maximum absolute atomic E-state index is 12.0. The number of halogens is 3. The van der Waals surface area contributed by atoms with Crippen LogP contribution in [0.4, 0.5) is 5.69 Å². The lowest BCUT2D eigenvalue weighted by molar-refractivity contribution is -0.115. The fourth-order valence-corrected chi connectivity index (χ4v) is 3.21. The first-order chi connectivity index (χ1) is 10.8. The van der Waals surface area contributed by atoms with Gasteiger partial charge < -0.3 is 5.32 Å². The number of carbonyl (C=O) groups is 1. The van der Waals surface area contributed by atoms with Gasteiger partial charge in [-0.25, -0.2) is 13.1 Å². The maximum atomic E-state index is 12.0. The average molecular weight is 394 g/mol. The molecule has 2 aromatic rings. The molecule has 0 aliphatic carbocycles. The zero-order chi connectivity index (χ0) is 17.0. The first kappa shape index (κ1) is 18.0. The van der Waals surface area contributed by atoms with Crippen molar-refractivity contribution in [1.82, 2.24) is 4.72 Å². The van der Waals surface area contributed by atoms with E-state index >= 15 is 0 Å². The third-order valence-corrected chi connectivity index (χ3v) is 4.97. The van der Waals surface area contributed by atoms with E-state index in [1.807, 2.05) is 0 Å². The Bertz CT molecular complexity index is 824. The molecular weight excluding hydrogens is 383 g/mol. The summed E-state index contributed by atoms with van der Waals surface area (Å²) in [5.74, 6) is -0.563. The van der Waals surface area contributed by atoms with Crippen LogP contribution in [0.1, 0.15) is 0 Å². The van der Waals surface area contributed by atoms with Crippen molar-refractivity contribution in [1.29, 1.82) is 0 Å². The van der Waals surface area contributed by atoms with Crippen molar-refractivity contribution in [3.05, 3.63) is 57.5 Å². The van der Waals surface area contributed by atoms with E-state index in [-0.39, 0.29) is 9.92 Å². The second-order valence-electron chi connectivity index (χ2n) is 4.45. The molecular formula is C14H11Cl3N2O3S. The smallest absolute Gasteiger partial charge is 0.241 e. The van der Waals surface area contributed by atoms with Crippen molar-refractivity contribution < 1.29 is 13.2 Å². The van der Waals surface area contributed by atoms with Gasteiger partial charge in [-0.2, -0.15) is 0 Å². The SMILES string of the molecule is O=C(CNS(=O)(=O)c1ccc(Cl)cc1)Nc1ccc(Cl)cc1Cl. The lowest BCUT2D eigenvalue weighted by Crippen LogP contribution is -2.32. The van der Waals surface area contributed by atoms with Crippen LogP contribution in [0, 0.1) is 0 Å². The normalized spacial score (nSPS) is 11.3. The summed E-state index contributed by atoms with van der Waals surface area (Å²) in [7, 11) is -3.80. The topological polar surface area (TPSA) is 75.3 Å². The quantitative estimate of drug-likeness (QED) is 0.815. The minimum Gasteiger partial charge on any atom is -0.324 e. The lowest BCUT2D eigenvalue weighted by Gasteiger charge is -2.09. The van der Waals surface area contributed by atoms with E-state index in [1.54, 1.807) is 6.07 Å². The summed E-state index contributed by atoms with van der Waals surface area (Å²) in [5.41, 5.74) is 0.340. The van der Waals surface area contributed by atoms with Crippen LogP contribution in [-0.2, 0) is 14.8 Å². The molecule has 2 rings (SSSR count). The molecule has 2 N–H and O–H groups in total. The summed E-state index contributed by atoms with van der Waals surface area (Å²) >= 11 is 17.4. The molecule has 0 saturated heterocycles. The third kappa shape index (κ3) is 5.09. The first-order valence-corrected chi connectivity index (χ1v) is 8.90. The first-order valence-electron chi connectivity index (χ1n) is 6.28. The molecule has 0 atom stereocenters. The molecule has 23 heavy (non-hydrogen) atoms. The second-order valence-corrected chi connectivity index (χ2v) is 7.50. The van der Waals surface area contributed by atoms with Gasteiger partial charge in [0, 0.05) is 10.0 Å². The Morgan fingerprint density at radius 3 is 2.17 bits per heavy atom. The predicted octanol–water partition coefficient (Wildman–Crippen LogP) is 3.56. The number of sulfonamides is 1. The molecule has 0 aliphatic rings. The van der Waals surface area contributed by atoms with Crippen molar-refractivity contribution in [3.8, 4) is 0 Å². The highest BCUT2D eigenvalue weighted by molar-refractivity contribution is 7.89. The van der Waals surface area contributed by atoms with E-state index in [0.717, 1.165) is 0 Å². The van der Waals surface area contributed by atoms with E-state index < -0.39 is 22.5 Å². The summed E-state index contributed by atoms with van der Waals surface area (Å²) in [6.45, 7) is -0.441. The van der Waals surface area contributed by atoms with Gasteiger partial charge in [0.25, 0.3) is 0 Å². The molecule has 1 amide bonds. The van der Waals surface area contributed by atoms with E-state index in [1.165, 1.54) is 36.4 Å². The zero-order valence-corrected chi connectivity index (χ0v) is 14.6. The molecule has 0 heterocycles. The summed E-state index contributed by atoms with van der Waals surface area (Å²) < 4.78 is 26.3. The highest BCUT2D eigenvalue weighted by atomic mass is 35.5. The van der Waals surface area contributed by atoms with Crippen molar-refractivity contribution in [2.75, 3.05) is 11.9 Å². The van der Waals surface area contributed by atoms with Crippen molar-refractivity contribution in [2.45, 2.75) is 4.90 Å². The molecule has 0 bridgehead atoms. The highest BCUT2D eigenvalue weighted by Gasteiger charge is 2.15. The van der Waals surface area contributed by atoms with Crippen LogP contribution in [0.3, 0.4) is 0 Å². The second kappa shape index (κ2) is 7.51. The summed E-state index contributed by atoms with van der Waals surface area (Å²) in [5, 5.41) is 3.59. The predicted molar refractivity (Wildman–Crippen MR) is 91.7 cm³/mol. The fraction of sp³-hybridized carbons (Fsp3) is 0.0714. The highest BCUT2D eigenvalue weighted by Crippen LogP contribution is 2.25. The molecule has 0 spiro atoms. The van der Waals surface area contributed by atoms with Crippen LogP contribution < -0.4 is 10.0 Å². The number of benzene rings is 2. The number of nitrogens with one attached hydrogen (secondary N) is 2.